The Morgan fingerprint density at radius 2 is 2.05 bits per heavy atom. The van der Waals surface area contributed by atoms with Gasteiger partial charge in [0.05, 0.1) is 0 Å². The highest BCUT2D eigenvalue weighted by Crippen LogP contribution is 2.24. The quantitative estimate of drug-likeness (QED) is 0.818. The Kier molecular flexibility index (Phi) is 5.53. The predicted octanol–water partition coefficient (Wildman–Crippen LogP) is 2.76. The first-order valence-corrected chi connectivity index (χ1v) is 8.24. The van der Waals surface area contributed by atoms with Crippen molar-refractivity contribution < 1.29 is 13.2 Å². The van der Waals surface area contributed by atoms with Gasteiger partial charge in [0.2, 0.25) is 5.91 Å². The Hall–Kier alpha value is -1.14. The summed E-state index contributed by atoms with van der Waals surface area (Å²) in [6.07, 6.45) is 3.56. The maximum atomic E-state index is 12.1. The van der Waals surface area contributed by atoms with Crippen LogP contribution in [-0.2, 0) is 14.8 Å². The summed E-state index contributed by atoms with van der Waals surface area (Å²) in [7, 11) is -3.91. The maximum Gasteiger partial charge on any atom is 0.265 e. The van der Waals surface area contributed by atoms with E-state index in [9.17, 15) is 13.2 Å². The summed E-state index contributed by atoms with van der Waals surface area (Å²) < 4.78 is 26.2. The fourth-order valence-corrected chi connectivity index (χ4v) is 2.76. The number of hydrogen-bond donors (Lipinski definition) is 1. The molecule has 20 heavy (non-hydrogen) atoms. The number of carbonyl (C=O) groups is 1. The third-order valence-electron chi connectivity index (χ3n) is 3.01. The number of carbonyl (C=O) groups excluding carboxylic acids is 1. The molecule has 0 fully saturated rings. The summed E-state index contributed by atoms with van der Waals surface area (Å²) in [6, 6.07) is 2.67. The van der Waals surface area contributed by atoms with E-state index >= 15 is 0 Å². The van der Waals surface area contributed by atoms with E-state index in [1.54, 1.807) is 13.8 Å². The lowest BCUT2D eigenvalue weighted by molar-refractivity contribution is -0.127. The largest absolute Gasteiger partial charge is 0.273 e. The molecule has 0 aliphatic rings. The molecule has 1 amide bonds. The first-order valence-electron chi connectivity index (χ1n) is 6.38. The molecule has 0 aliphatic carbocycles. The lowest BCUT2D eigenvalue weighted by atomic mass is 9.87. The van der Waals surface area contributed by atoms with E-state index in [-0.39, 0.29) is 10.0 Å². The summed E-state index contributed by atoms with van der Waals surface area (Å²) in [5.74, 6) is -0.513. The number of pyridine rings is 1. The van der Waals surface area contributed by atoms with Crippen LogP contribution < -0.4 is 4.72 Å². The molecule has 112 valence electrons. The average molecular weight is 319 g/mol. The molecule has 0 saturated heterocycles. The summed E-state index contributed by atoms with van der Waals surface area (Å²) in [5, 5.41) is 0.193. The van der Waals surface area contributed by atoms with Gasteiger partial charge in [-0.05, 0) is 18.6 Å². The van der Waals surface area contributed by atoms with Crippen molar-refractivity contribution >= 4 is 27.5 Å². The van der Waals surface area contributed by atoms with Crippen molar-refractivity contribution in [1.29, 1.82) is 0 Å². The molecule has 0 spiro atoms. The number of aromatic nitrogens is 1. The van der Waals surface area contributed by atoms with Crippen molar-refractivity contribution in [2.24, 2.45) is 5.41 Å². The number of nitrogens with one attached hydrogen (secondary N) is 1. The van der Waals surface area contributed by atoms with Crippen molar-refractivity contribution in [2.75, 3.05) is 0 Å². The van der Waals surface area contributed by atoms with Crippen LogP contribution in [0.1, 0.15) is 40.0 Å². The fourth-order valence-electron chi connectivity index (χ4n) is 1.57. The van der Waals surface area contributed by atoms with Gasteiger partial charge in [-0.1, -0.05) is 45.2 Å². The van der Waals surface area contributed by atoms with E-state index in [0.717, 1.165) is 19.0 Å². The van der Waals surface area contributed by atoms with Crippen LogP contribution in [0.5, 0.6) is 0 Å². The van der Waals surface area contributed by atoms with Crippen molar-refractivity contribution in [3.05, 3.63) is 23.5 Å². The van der Waals surface area contributed by atoms with Gasteiger partial charge >= 0.3 is 0 Å². The minimum Gasteiger partial charge on any atom is -0.273 e. The van der Waals surface area contributed by atoms with E-state index in [0.29, 0.717) is 6.42 Å². The fraction of sp³-hybridized carbons (Fsp3) is 0.538. The number of amides is 1. The van der Waals surface area contributed by atoms with Gasteiger partial charge in [0.25, 0.3) is 10.0 Å². The third-order valence-corrected chi connectivity index (χ3v) is 4.55. The van der Waals surface area contributed by atoms with Gasteiger partial charge in [-0.3, -0.25) is 4.79 Å². The van der Waals surface area contributed by atoms with Crippen LogP contribution in [0, 0.1) is 5.41 Å². The first kappa shape index (κ1) is 16.9. The van der Waals surface area contributed by atoms with Crippen LogP contribution in [0.2, 0.25) is 5.15 Å². The molecule has 1 aromatic rings. The Labute approximate surface area is 124 Å². The Morgan fingerprint density at radius 1 is 1.40 bits per heavy atom. The first-order chi connectivity index (χ1) is 9.19. The van der Waals surface area contributed by atoms with Crippen molar-refractivity contribution in [2.45, 2.75) is 44.9 Å². The Morgan fingerprint density at radius 3 is 2.55 bits per heavy atom. The molecule has 5 nitrogen and oxygen atoms in total. The van der Waals surface area contributed by atoms with Crippen LogP contribution in [0.3, 0.4) is 0 Å². The topological polar surface area (TPSA) is 76.1 Å². The molecule has 1 rings (SSSR count). The predicted molar refractivity (Wildman–Crippen MR) is 77.9 cm³/mol. The molecule has 0 aliphatic heterocycles. The molecular formula is C13H19ClN2O3S. The van der Waals surface area contributed by atoms with Crippen LogP contribution in [0.15, 0.2) is 23.2 Å². The van der Waals surface area contributed by atoms with Crippen LogP contribution >= 0.6 is 11.6 Å². The zero-order valence-electron chi connectivity index (χ0n) is 11.8. The molecule has 7 heteroatoms. The SMILES string of the molecule is CCCCC(C)(C)C(=O)NS(=O)(=O)c1ccc(Cl)nc1. The van der Waals surface area contributed by atoms with Crippen LogP contribution in [0.25, 0.3) is 0 Å². The third kappa shape index (κ3) is 4.45. The number of nitrogens with zero attached hydrogens (tertiary/aromatic N) is 1. The molecular weight excluding hydrogens is 300 g/mol. The van der Waals surface area contributed by atoms with E-state index in [2.05, 4.69) is 9.71 Å². The highest BCUT2D eigenvalue weighted by molar-refractivity contribution is 7.90. The highest BCUT2D eigenvalue weighted by Gasteiger charge is 2.30. The Balaban J connectivity index is 2.85. The zero-order chi connectivity index (χ0) is 15.4. The van der Waals surface area contributed by atoms with Crippen molar-refractivity contribution in [3.63, 3.8) is 0 Å². The van der Waals surface area contributed by atoms with Gasteiger partial charge in [0, 0.05) is 11.6 Å². The standard InChI is InChI=1S/C13H19ClN2O3S/c1-4-5-8-13(2,3)12(17)16-20(18,19)10-6-7-11(14)15-9-10/h6-7,9H,4-5,8H2,1-3H3,(H,16,17). The monoisotopic (exact) mass is 318 g/mol. The van der Waals surface area contributed by atoms with Gasteiger partial charge < -0.3 is 0 Å². The second-order valence-corrected chi connectivity index (χ2v) is 7.31. The van der Waals surface area contributed by atoms with Gasteiger partial charge in [-0.15, -0.1) is 0 Å². The molecule has 1 aromatic heterocycles. The smallest absolute Gasteiger partial charge is 0.265 e. The van der Waals surface area contributed by atoms with Crippen molar-refractivity contribution in [3.8, 4) is 0 Å². The maximum absolute atomic E-state index is 12.1. The summed E-state index contributed by atoms with van der Waals surface area (Å²) in [4.78, 5) is 15.7. The molecule has 0 unspecified atom stereocenters. The summed E-state index contributed by atoms with van der Waals surface area (Å²) >= 11 is 5.60. The number of rotatable bonds is 6. The zero-order valence-corrected chi connectivity index (χ0v) is 13.4. The van der Waals surface area contributed by atoms with Gasteiger partial charge in [0.1, 0.15) is 10.0 Å². The molecule has 0 aromatic carbocycles. The van der Waals surface area contributed by atoms with E-state index in [4.69, 9.17) is 11.6 Å². The number of halogens is 1. The molecule has 0 atom stereocenters. The van der Waals surface area contributed by atoms with Gasteiger partial charge in [-0.2, -0.15) is 0 Å². The molecule has 0 radical (unpaired) electrons. The minimum absolute atomic E-state index is 0.0819. The van der Waals surface area contributed by atoms with Crippen LogP contribution in [-0.4, -0.2) is 19.3 Å². The molecule has 0 bridgehead atoms. The van der Waals surface area contributed by atoms with Gasteiger partial charge in [-0.25, -0.2) is 18.1 Å². The Bertz CT molecular complexity index is 568. The van der Waals surface area contributed by atoms with Crippen LogP contribution in [0.4, 0.5) is 0 Å². The average Bonchev–Trinajstić information content (AvgIpc) is 2.36. The number of unbranched alkanes of at least 4 members (excludes halogenated alkanes) is 1. The lowest BCUT2D eigenvalue weighted by Crippen LogP contribution is -2.40. The van der Waals surface area contributed by atoms with E-state index in [1.165, 1.54) is 12.1 Å². The minimum atomic E-state index is -3.91. The number of hydrogen-bond acceptors (Lipinski definition) is 4. The second kappa shape index (κ2) is 6.54. The second-order valence-electron chi connectivity index (χ2n) is 5.24. The van der Waals surface area contributed by atoms with Crippen molar-refractivity contribution in [1.82, 2.24) is 9.71 Å². The number of sulfonamides is 1. The molecule has 1 N–H and O–H groups in total. The van der Waals surface area contributed by atoms with E-state index < -0.39 is 21.3 Å². The summed E-state index contributed by atoms with van der Waals surface area (Å²) in [6.45, 7) is 5.48. The van der Waals surface area contributed by atoms with E-state index in [1.807, 2.05) is 6.92 Å². The highest BCUT2D eigenvalue weighted by atomic mass is 35.5. The summed E-state index contributed by atoms with van der Waals surface area (Å²) in [5.41, 5.74) is -0.733. The molecule has 1 heterocycles. The molecule has 0 saturated carbocycles. The normalized spacial score (nSPS) is 12.2. The van der Waals surface area contributed by atoms with Gasteiger partial charge in [0.15, 0.2) is 0 Å². The lowest BCUT2D eigenvalue weighted by Gasteiger charge is -2.23.